The number of hydrogen-bond donors (Lipinski definition) is 2. The summed E-state index contributed by atoms with van der Waals surface area (Å²) < 4.78 is 15.6. The van der Waals surface area contributed by atoms with Crippen LogP contribution >= 0.6 is 0 Å². The first-order valence-electron chi connectivity index (χ1n) is 8.95. The molecule has 1 atom stereocenters. The zero-order valence-corrected chi connectivity index (χ0v) is 16.6. The number of amides is 2. The first kappa shape index (κ1) is 21.7. The molecule has 0 spiro atoms. The summed E-state index contributed by atoms with van der Waals surface area (Å²) in [5, 5.41) is 2.62. The second-order valence-corrected chi connectivity index (χ2v) is 6.25. The molecule has 0 unspecified atom stereocenters. The van der Waals surface area contributed by atoms with Crippen LogP contribution < -0.4 is 20.5 Å². The maximum Gasteiger partial charge on any atom is 0.306 e. The van der Waals surface area contributed by atoms with Crippen molar-refractivity contribution in [2.45, 2.75) is 25.9 Å². The molecule has 2 aromatic rings. The van der Waals surface area contributed by atoms with E-state index in [0.29, 0.717) is 29.2 Å². The van der Waals surface area contributed by atoms with E-state index in [-0.39, 0.29) is 6.42 Å². The van der Waals surface area contributed by atoms with Crippen LogP contribution in [-0.4, -0.2) is 38.1 Å². The summed E-state index contributed by atoms with van der Waals surface area (Å²) in [6, 6.07) is 11.5. The van der Waals surface area contributed by atoms with E-state index in [1.807, 2.05) is 6.07 Å². The number of esters is 1. The monoisotopic (exact) mass is 400 g/mol. The highest BCUT2D eigenvalue weighted by Gasteiger charge is 2.18. The molecule has 0 saturated carbocycles. The van der Waals surface area contributed by atoms with E-state index in [1.165, 1.54) is 26.2 Å². The van der Waals surface area contributed by atoms with Gasteiger partial charge in [-0.25, -0.2) is 0 Å². The second-order valence-electron chi connectivity index (χ2n) is 6.25. The summed E-state index contributed by atoms with van der Waals surface area (Å²) in [5.41, 5.74) is 6.85. The number of rotatable bonds is 9. The number of carbonyl (C=O) groups is 3. The fourth-order valence-electron chi connectivity index (χ4n) is 2.55. The van der Waals surface area contributed by atoms with Gasteiger partial charge in [0.05, 0.1) is 14.2 Å². The fraction of sp³-hybridized carbons (Fsp3) is 0.286. The molecule has 0 saturated heterocycles. The van der Waals surface area contributed by atoms with Crippen LogP contribution in [0.2, 0.25) is 0 Å². The third kappa shape index (κ3) is 6.24. The highest BCUT2D eigenvalue weighted by molar-refractivity contribution is 5.96. The summed E-state index contributed by atoms with van der Waals surface area (Å²) in [4.78, 5) is 35.3. The number of methoxy groups -OCH3 is 2. The van der Waals surface area contributed by atoms with Crippen molar-refractivity contribution >= 4 is 23.5 Å². The number of primary amides is 1. The van der Waals surface area contributed by atoms with Crippen molar-refractivity contribution in [2.24, 2.45) is 5.73 Å². The van der Waals surface area contributed by atoms with Gasteiger partial charge in [-0.1, -0.05) is 6.07 Å². The summed E-state index contributed by atoms with van der Waals surface area (Å²) in [6.45, 7) is 1.49. The lowest BCUT2D eigenvalue weighted by atomic mass is 10.1. The van der Waals surface area contributed by atoms with Gasteiger partial charge in [0.1, 0.15) is 0 Å². The number of aryl methyl sites for hydroxylation is 1. The van der Waals surface area contributed by atoms with Gasteiger partial charge in [-0.3, -0.25) is 14.4 Å². The quantitative estimate of drug-likeness (QED) is 0.624. The molecule has 0 aromatic heterocycles. The maximum atomic E-state index is 12.2. The van der Waals surface area contributed by atoms with Gasteiger partial charge >= 0.3 is 5.97 Å². The van der Waals surface area contributed by atoms with Gasteiger partial charge in [0, 0.05) is 17.7 Å². The molecule has 0 aliphatic rings. The van der Waals surface area contributed by atoms with E-state index < -0.39 is 23.9 Å². The summed E-state index contributed by atoms with van der Waals surface area (Å²) >= 11 is 0. The minimum absolute atomic E-state index is 0.112. The topological polar surface area (TPSA) is 117 Å². The average Bonchev–Trinajstić information content (AvgIpc) is 2.72. The SMILES string of the molecule is COc1ccc(CCC(=O)O[C@H](C)C(=O)Nc2ccc(C(N)=O)cc2)cc1OC. The Kier molecular flexibility index (Phi) is 7.59. The number of nitrogens with two attached hydrogens (primary N) is 1. The molecule has 8 heteroatoms. The Hall–Kier alpha value is -3.55. The zero-order valence-electron chi connectivity index (χ0n) is 16.6. The molecule has 29 heavy (non-hydrogen) atoms. The lowest BCUT2D eigenvalue weighted by molar-refractivity contribution is -0.153. The van der Waals surface area contributed by atoms with Crippen molar-refractivity contribution in [1.29, 1.82) is 0 Å². The van der Waals surface area contributed by atoms with Crippen LogP contribution in [0.5, 0.6) is 11.5 Å². The minimum Gasteiger partial charge on any atom is -0.493 e. The van der Waals surface area contributed by atoms with Crippen LogP contribution in [0.15, 0.2) is 42.5 Å². The summed E-state index contributed by atoms with van der Waals surface area (Å²) in [5.74, 6) is -0.344. The average molecular weight is 400 g/mol. The third-order valence-corrected chi connectivity index (χ3v) is 4.18. The first-order chi connectivity index (χ1) is 13.8. The maximum absolute atomic E-state index is 12.2. The van der Waals surface area contributed by atoms with Gasteiger partial charge < -0.3 is 25.3 Å². The fourth-order valence-corrected chi connectivity index (χ4v) is 2.55. The highest BCUT2D eigenvalue weighted by atomic mass is 16.5. The molecule has 0 aliphatic heterocycles. The number of carbonyl (C=O) groups excluding carboxylic acids is 3. The molecule has 154 valence electrons. The van der Waals surface area contributed by atoms with Gasteiger partial charge in [0.2, 0.25) is 5.91 Å². The van der Waals surface area contributed by atoms with Gasteiger partial charge in [-0.15, -0.1) is 0 Å². The molecule has 2 aromatic carbocycles. The Morgan fingerprint density at radius 2 is 1.66 bits per heavy atom. The van der Waals surface area contributed by atoms with E-state index in [9.17, 15) is 14.4 Å². The van der Waals surface area contributed by atoms with E-state index in [2.05, 4.69) is 5.32 Å². The zero-order chi connectivity index (χ0) is 21.4. The number of hydrogen-bond acceptors (Lipinski definition) is 6. The standard InChI is InChI=1S/C21H24N2O6/c1-13(21(26)23-16-8-6-15(7-9-16)20(22)25)29-19(24)11-5-14-4-10-17(27-2)18(12-14)28-3/h4,6-10,12-13H,5,11H2,1-3H3,(H2,22,25)(H,23,26)/t13-/m1/s1. The minimum atomic E-state index is -0.969. The lowest BCUT2D eigenvalue weighted by Gasteiger charge is -2.14. The molecule has 0 bridgehead atoms. The van der Waals surface area contributed by atoms with E-state index >= 15 is 0 Å². The van der Waals surface area contributed by atoms with Gasteiger partial charge in [-0.05, 0) is 55.3 Å². The first-order valence-corrected chi connectivity index (χ1v) is 8.95. The second kappa shape index (κ2) is 10.1. The Morgan fingerprint density at radius 1 is 1.00 bits per heavy atom. The molecule has 8 nitrogen and oxygen atoms in total. The number of nitrogens with one attached hydrogen (secondary N) is 1. The van der Waals surface area contributed by atoms with Crippen LogP contribution in [0.4, 0.5) is 5.69 Å². The van der Waals surface area contributed by atoms with Crippen LogP contribution in [0, 0.1) is 0 Å². The molecule has 2 amide bonds. The number of anilines is 1. The van der Waals surface area contributed by atoms with Gasteiger partial charge in [-0.2, -0.15) is 0 Å². The summed E-state index contributed by atoms with van der Waals surface area (Å²) in [6.07, 6.45) is -0.425. The third-order valence-electron chi connectivity index (χ3n) is 4.18. The van der Waals surface area contributed by atoms with E-state index in [1.54, 1.807) is 31.4 Å². The normalized spacial score (nSPS) is 11.3. The molecule has 0 fully saturated rings. The van der Waals surface area contributed by atoms with Crippen molar-refractivity contribution in [3.8, 4) is 11.5 Å². The molecular formula is C21H24N2O6. The molecular weight excluding hydrogens is 376 g/mol. The Balaban J connectivity index is 1.85. The Bertz CT molecular complexity index is 879. The van der Waals surface area contributed by atoms with Crippen LogP contribution in [0.1, 0.15) is 29.3 Å². The highest BCUT2D eigenvalue weighted by Crippen LogP contribution is 2.28. The van der Waals surface area contributed by atoms with E-state index in [0.717, 1.165) is 5.56 Å². The Morgan fingerprint density at radius 3 is 2.24 bits per heavy atom. The lowest BCUT2D eigenvalue weighted by Crippen LogP contribution is -2.30. The van der Waals surface area contributed by atoms with Crippen molar-refractivity contribution in [3.63, 3.8) is 0 Å². The molecule has 0 heterocycles. The summed E-state index contributed by atoms with van der Waals surface area (Å²) in [7, 11) is 3.09. The number of ether oxygens (including phenoxy) is 3. The van der Waals surface area contributed by atoms with Crippen LogP contribution in [0.25, 0.3) is 0 Å². The van der Waals surface area contributed by atoms with Crippen molar-refractivity contribution in [1.82, 2.24) is 0 Å². The Labute approximate surface area is 168 Å². The van der Waals surface area contributed by atoms with Crippen LogP contribution in [-0.2, 0) is 20.7 Å². The predicted molar refractivity (Wildman–Crippen MR) is 107 cm³/mol. The molecule has 3 N–H and O–H groups in total. The number of benzene rings is 2. The van der Waals surface area contributed by atoms with Gasteiger partial charge in [0.15, 0.2) is 17.6 Å². The molecule has 0 aliphatic carbocycles. The predicted octanol–water partition coefficient (Wildman–Crippen LogP) is 2.31. The van der Waals surface area contributed by atoms with Crippen LogP contribution in [0.3, 0.4) is 0 Å². The smallest absolute Gasteiger partial charge is 0.306 e. The van der Waals surface area contributed by atoms with Crippen molar-refractivity contribution in [3.05, 3.63) is 53.6 Å². The molecule has 0 radical (unpaired) electrons. The van der Waals surface area contributed by atoms with E-state index in [4.69, 9.17) is 19.9 Å². The largest absolute Gasteiger partial charge is 0.493 e. The van der Waals surface area contributed by atoms with Crippen molar-refractivity contribution in [2.75, 3.05) is 19.5 Å². The molecule has 2 rings (SSSR count). The van der Waals surface area contributed by atoms with Gasteiger partial charge in [0.25, 0.3) is 5.91 Å². The van der Waals surface area contributed by atoms with Crippen molar-refractivity contribution < 1.29 is 28.6 Å².